The van der Waals surface area contributed by atoms with Crippen molar-refractivity contribution in [3.63, 3.8) is 0 Å². The van der Waals surface area contributed by atoms with Gasteiger partial charge in [0.25, 0.3) is 0 Å². The van der Waals surface area contributed by atoms with Crippen LogP contribution in [0.1, 0.15) is 30.1 Å². The second-order valence-corrected chi connectivity index (χ2v) is 5.67. The SMILES string of the molecule is CCN1CCCC1CN(C)CC(=O)c1cc(F)ccc1F. The van der Waals surface area contributed by atoms with E-state index in [1.54, 1.807) is 0 Å². The number of rotatable bonds is 6. The van der Waals surface area contributed by atoms with Crippen LogP contribution in [0.2, 0.25) is 0 Å². The predicted octanol–water partition coefficient (Wildman–Crippen LogP) is 2.56. The van der Waals surface area contributed by atoms with E-state index >= 15 is 0 Å². The first-order chi connectivity index (χ1) is 10.0. The lowest BCUT2D eigenvalue weighted by Gasteiger charge is -2.27. The molecule has 0 radical (unpaired) electrons. The van der Waals surface area contributed by atoms with Crippen molar-refractivity contribution < 1.29 is 13.6 Å². The molecule has 1 atom stereocenters. The normalized spacial score (nSPS) is 19.4. The number of benzene rings is 1. The number of likely N-dealkylation sites (tertiary alicyclic amines) is 1. The van der Waals surface area contributed by atoms with E-state index in [-0.39, 0.29) is 17.9 Å². The summed E-state index contributed by atoms with van der Waals surface area (Å²) in [6, 6.07) is 3.44. The van der Waals surface area contributed by atoms with E-state index in [2.05, 4.69) is 11.8 Å². The number of nitrogens with zero attached hydrogens (tertiary/aromatic N) is 2. The smallest absolute Gasteiger partial charge is 0.179 e. The summed E-state index contributed by atoms with van der Waals surface area (Å²) >= 11 is 0. The van der Waals surface area contributed by atoms with Crippen molar-refractivity contribution in [2.24, 2.45) is 0 Å². The van der Waals surface area contributed by atoms with Crippen LogP contribution in [0.25, 0.3) is 0 Å². The third kappa shape index (κ3) is 4.08. The van der Waals surface area contributed by atoms with Crippen molar-refractivity contribution >= 4 is 5.78 Å². The number of Topliss-reactive ketones (excluding diaryl/α,β-unsaturated/α-hetero) is 1. The summed E-state index contributed by atoms with van der Waals surface area (Å²) < 4.78 is 26.7. The highest BCUT2D eigenvalue weighted by Crippen LogP contribution is 2.17. The monoisotopic (exact) mass is 296 g/mol. The van der Waals surface area contributed by atoms with Gasteiger partial charge in [0.1, 0.15) is 11.6 Å². The van der Waals surface area contributed by atoms with Gasteiger partial charge in [0.05, 0.1) is 12.1 Å². The predicted molar refractivity (Wildman–Crippen MR) is 78.5 cm³/mol. The number of halogens is 2. The Hall–Kier alpha value is -1.33. The van der Waals surface area contributed by atoms with Gasteiger partial charge in [-0.2, -0.15) is 0 Å². The molecule has 0 aliphatic carbocycles. The van der Waals surface area contributed by atoms with Crippen molar-refractivity contribution in [3.8, 4) is 0 Å². The minimum atomic E-state index is -0.661. The number of carbonyl (C=O) groups excluding carboxylic acids is 1. The van der Waals surface area contributed by atoms with Gasteiger partial charge in [-0.05, 0) is 51.2 Å². The van der Waals surface area contributed by atoms with Gasteiger partial charge in [0.15, 0.2) is 5.78 Å². The molecule has 1 aliphatic rings. The number of ketones is 1. The fourth-order valence-corrected chi connectivity index (χ4v) is 2.98. The molecule has 2 rings (SSSR count). The molecule has 0 N–H and O–H groups in total. The van der Waals surface area contributed by atoms with Crippen molar-refractivity contribution in [2.75, 3.05) is 33.2 Å². The third-order valence-corrected chi connectivity index (χ3v) is 4.07. The first kappa shape index (κ1) is 16.0. The Kier molecular flexibility index (Phi) is 5.42. The van der Waals surface area contributed by atoms with Crippen molar-refractivity contribution in [1.29, 1.82) is 0 Å². The van der Waals surface area contributed by atoms with E-state index < -0.39 is 11.6 Å². The van der Waals surface area contributed by atoms with E-state index in [0.29, 0.717) is 6.04 Å². The Morgan fingerprint density at radius 1 is 1.43 bits per heavy atom. The van der Waals surface area contributed by atoms with Crippen LogP contribution in [0.3, 0.4) is 0 Å². The number of carbonyl (C=O) groups is 1. The maximum absolute atomic E-state index is 13.6. The van der Waals surface area contributed by atoms with E-state index in [0.717, 1.165) is 44.3 Å². The third-order valence-electron chi connectivity index (χ3n) is 4.07. The Morgan fingerprint density at radius 3 is 2.90 bits per heavy atom. The zero-order chi connectivity index (χ0) is 15.4. The van der Waals surface area contributed by atoms with Crippen molar-refractivity contribution in [3.05, 3.63) is 35.4 Å². The van der Waals surface area contributed by atoms with Gasteiger partial charge in [-0.25, -0.2) is 8.78 Å². The minimum absolute atomic E-state index is 0.106. The fourth-order valence-electron chi connectivity index (χ4n) is 2.98. The summed E-state index contributed by atoms with van der Waals surface area (Å²) in [5, 5.41) is 0. The molecule has 1 aromatic rings. The molecule has 0 aromatic heterocycles. The molecular weight excluding hydrogens is 274 g/mol. The van der Waals surface area contributed by atoms with Gasteiger partial charge in [0.2, 0.25) is 0 Å². The average Bonchev–Trinajstić information content (AvgIpc) is 2.88. The molecule has 0 bridgehead atoms. The van der Waals surface area contributed by atoms with Crippen LogP contribution in [-0.4, -0.2) is 54.9 Å². The van der Waals surface area contributed by atoms with Crippen LogP contribution in [0, 0.1) is 11.6 Å². The average molecular weight is 296 g/mol. The molecule has 1 saturated heterocycles. The second-order valence-electron chi connectivity index (χ2n) is 5.67. The summed E-state index contributed by atoms with van der Waals surface area (Å²) in [7, 11) is 1.85. The quantitative estimate of drug-likeness (QED) is 0.754. The molecular formula is C16H22F2N2O. The lowest BCUT2D eigenvalue weighted by molar-refractivity contribution is 0.0924. The molecule has 116 valence electrons. The molecule has 3 nitrogen and oxygen atoms in total. The van der Waals surface area contributed by atoms with Gasteiger partial charge in [-0.1, -0.05) is 6.92 Å². The summed E-state index contributed by atoms with van der Waals surface area (Å²) in [5.41, 5.74) is -0.166. The van der Waals surface area contributed by atoms with E-state index in [9.17, 15) is 13.6 Å². The highest BCUT2D eigenvalue weighted by Gasteiger charge is 2.25. The molecule has 5 heteroatoms. The lowest BCUT2D eigenvalue weighted by Crippen LogP contribution is -2.40. The van der Waals surface area contributed by atoms with Gasteiger partial charge in [-0.15, -0.1) is 0 Å². The number of likely N-dealkylation sites (N-methyl/N-ethyl adjacent to an activating group) is 2. The van der Waals surface area contributed by atoms with Crippen LogP contribution in [0.15, 0.2) is 18.2 Å². The molecule has 0 amide bonds. The van der Waals surface area contributed by atoms with Gasteiger partial charge in [-0.3, -0.25) is 14.6 Å². The van der Waals surface area contributed by atoms with Gasteiger partial charge >= 0.3 is 0 Å². The van der Waals surface area contributed by atoms with Gasteiger partial charge < -0.3 is 0 Å². The van der Waals surface area contributed by atoms with Gasteiger partial charge in [0, 0.05) is 12.6 Å². The zero-order valence-electron chi connectivity index (χ0n) is 12.6. The van der Waals surface area contributed by atoms with Crippen LogP contribution in [0.4, 0.5) is 8.78 Å². The molecule has 1 fully saturated rings. The molecule has 0 spiro atoms. The Balaban J connectivity index is 1.94. The van der Waals surface area contributed by atoms with Crippen molar-refractivity contribution in [1.82, 2.24) is 9.80 Å². The highest BCUT2D eigenvalue weighted by atomic mass is 19.1. The topological polar surface area (TPSA) is 23.6 Å². The highest BCUT2D eigenvalue weighted by molar-refractivity contribution is 5.97. The summed E-state index contributed by atoms with van der Waals surface area (Å²) in [6.45, 7) is 5.11. The molecule has 1 unspecified atom stereocenters. The molecule has 21 heavy (non-hydrogen) atoms. The van der Waals surface area contributed by atoms with Crippen molar-refractivity contribution in [2.45, 2.75) is 25.8 Å². The molecule has 1 aromatic carbocycles. The maximum Gasteiger partial charge on any atom is 0.179 e. The second kappa shape index (κ2) is 7.09. The minimum Gasteiger partial charge on any atom is -0.299 e. The summed E-state index contributed by atoms with van der Waals surface area (Å²) in [5.74, 6) is -1.63. The molecule has 1 heterocycles. The number of hydrogen-bond donors (Lipinski definition) is 0. The Bertz CT molecular complexity index is 507. The largest absolute Gasteiger partial charge is 0.299 e. The first-order valence-electron chi connectivity index (χ1n) is 7.42. The Morgan fingerprint density at radius 2 is 2.19 bits per heavy atom. The number of hydrogen-bond acceptors (Lipinski definition) is 3. The standard InChI is InChI=1S/C16H22F2N2O/c1-3-20-8-4-5-13(20)10-19(2)11-16(21)14-9-12(17)6-7-15(14)18/h6-7,9,13H,3-5,8,10-11H2,1-2H3. The summed E-state index contributed by atoms with van der Waals surface area (Å²) in [4.78, 5) is 16.4. The molecule has 1 aliphatic heterocycles. The fraction of sp³-hybridized carbons (Fsp3) is 0.562. The van der Waals surface area contributed by atoms with Crippen LogP contribution < -0.4 is 0 Å². The van der Waals surface area contributed by atoms with Crippen LogP contribution >= 0.6 is 0 Å². The van der Waals surface area contributed by atoms with E-state index in [1.807, 2.05) is 11.9 Å². The maximum atomic E-state index is 13.6. The Labute approximate surface area is 124 Å². The van der Waals surface area contributed by atoms with E-state index in [4.69, 9.17) is 0 Å². The van der Waals surface area contributed by atoms with E-state index in [1.165, 1.54) is 6.42 Å². The first-order valence-corrected chi connectivity index (χ1v) is 7.42. The van der Waals surface area contributed by atoms with Crippen LogP contribution in [0.5, 0.6) is 0 Å². The zero-order valence-corrected chi connectivity index (χ0v) is 12.6. The summed E-state index contributed by atoms with van der Waals surface area (Å²) in [6.07, 6.45) is 2.31. The lowest BCUT2D eigenvalue weighted by atomic mass is 10.1. The van der Waals surface area contributed by atoms with Crippen LogP contribution in [-0.2, 0) is 0 Å². The molecule has 0 saturated carbocycles.